The fourth-order valence-electron chi connectivity index (χ4n) is 6.98. The predicted octanol–water partition coefficient (Wildman–Crippen LogP) is 4.78. The van der Waals surface area contributed by atoms with Crippen LogP contribution in [-0.4, -0.2) is 50.4 Å². The van der Waals surface area contributed by atoms with Gasteiger partial charge in [-0.3, -0.25) is 0 Å². The summed E-state index contributed by atoms with van der Waals surface area (Å²) < 4.78 is 3.09. The van der Waals surface area contributed by atoms with Gasteiger partial charge in [-0.25, -0.2) is 0 Å². The minimum atomic E-state index is -1.73. The molecular formula is C25H38N2Si. The van der Waals surface area contributed by atoms with E-state index in [1.807, 2.05) is 0 Å². The van der Waals surface area contributed by atoms with Crippen LogP contribution in [0.15, 0.2) is 42.5 Å². The summed E-state index contributed by atoms with van der Waals surface area (Å²) in [5, 5.41) is 1.75. The lowest BCUT2D eigenvalue weighted by Gasteiger charge is -2.51. The van der Waals surface area contributed by atoms with Crippen molar-refractivity contribution in [2.45, 2.75) is 63.0 Å². The van der Waals surface area contributed by atoms with E-state index in [1.54, 1.807) is 5.19 Å². The molecule has 5 rings (SSSR count). The maximum Gasteiger partial charge on any atom is 0.165 e. The largest absolute Gasteiger partial charge is 0.320 e. The number of likely N-dealkylation sites (tertiary alicyclic amines) is 1. The summed E-state index contributed by atoms with van der Waals surface area (Å²) in [5.74, 6) is 1.74. The van der Waals surface area contributed by atoms with Gasteiger partial charge in [-0.2, -0.15) is 0 Å². The standard InChI is InChI=1S/C25H38N2Si/c1-4-10-24(11-5-1)28(27-16-8-3-9-17-27,19-18-26-14-6-2-7-15-26)25-21-22-12-13-23(25)20-22/h1,4-5,10-13,22-23,25H,2-3,6-9,14-21H2/t22-,23+,25+,28?/m0/s1. The molecular weight excluding hydrogens is 356 g/mol. The van der Waals surface area contributed by atoms with Gasteiger partial charge >= 0.3 is 0 Å². The van der Waals surface area contributed by atoms with Crippen molar-refractivity contribution < 1.29 is 0 Å². The number of hydrogen-bond donors (Lipinski definition) is 0. The molecule has 1 saturated carbocycles. The molecule has 4 aliphatic rings. The molecule has 2 aliphatic carbocycles. The second kappa shape index (κ2) is 8.45. The Hall–Kier alpha value is -0.903. The Morgan fingerprint density at radius 1 is 0.786 bits per heavy atom. The molecule has 0 spiro atoms. The van der Waals surface area contributed by atoms with Crippen molar-refractivity contribution in [1.82, 2.24) is 9.47 Å². The van der Waals surface area contributed by atoms with Crippen molar-refractivity contribution >= 4 is 13.4 Å². The van der Waals surface area contributed by atoms with E-state index >= 15 is 0 Å². The van der Waals surface area contributed by atoms with E-state index in [0.29, 0.717) is 0 Å². The summed E-state index contributed by atoms with van der Waals surface area (Å²) in [6.45, 7) is 6.75. The van der Waals surface area contributed by atoms with Crippen molar-refractivity contribution in [3.05, 3.63) is 42.5 Å². The van der Waals surface area contributed by atoms with Crippen molar-refractivity contribution in [1.29, 1.82) is 0 Å². The Morgan fingerprint density at radius 2 is 1.50 bits per heavy atom. The average molecular weight is 395 g/mol. The highest BCUT2D eigenvalue weighted by molar-refractivity contribution is 6.91. The molecule has 152 valence electrons. The molecule has 0 radical (unpaired) electrons. The Kier molecular flexibility index (Phi) is 5.76. The van der Waals surface area contributed by atoms with Gasteiger partial charge in [0.1, 0.15) is 0 Å². The second-order valence-electron chi connectivity index (χ2n) is 9.88. The van der Waals surface area contributed by atoms with Crippen molar-refractivity contribution in [2.75, 3.05) is 32.7 Å². The first-order valence-corrected chi connectivity index (χ1v) is 14.3. The number of hydrogen-bond acceptors (Lipinski definition) is 2. The Labute approximate surface area is 173 Å². The van der Waals surface area contributed by atoms with Crippen LogP contribution in [-0.2, 0) is 0 Å². The maximum atomic E-state index is 3.09. The van der Waals surface area contributed by atoms with E-state index in [1.165, 1.54) is 90.1 Å². The molecule has 3 fully saturated rings. The Morgan fingerprint density at radius 3 is 2.14 bits per heavy atom. The molecule has 0 N–H and O–H groups in total. The summed E-state index contributed by atoms with van der Waals surface area (Å²) >= 11 is 0. The number of rotatable bonds is 6. The van der Waals surface area contributed by atoms with E-state index in [2.05, 4.69) is 51.9 Å². The topological polar surface area (TPSA) is 6.48 Å². The molecule has 1 unspecified atom stereocenters. The first kappa shape index (κ1) is 19.1. The number of fused-ring (bicyclic) bond motifs is 2. The zero-order valence-corrected chi connectivity index (χ0v) is 18.6. The Bertz CT molecular complexity index is 662. The van der Waals surface area contributed by atoms with Crippen LogP contribution in [0.3, 0.4) is 0 Å². The molecule has 3 heteroatoms. The second-order valence-corrected chi connectivity index (χ2v) is 14.2. The molecule has 0 aromatic heterocycles. The van der Waals surface area contributed by atoms with E-state index in [-0.39, 0.29) is 0 Å². The molecule has 2 nitrogen and oxygen atoms in total. The van der Waals surface area contributed by atoms with Gasteiger partial charge in [-0.1, -0.05) is 55.3 Å². The first-order chi connectivity index (χ1) is 13.9. The lowest BCUT2D eigenvalue weighted by molar-refractivity contribution is 0.235. The van der Waals surface area contributed by atoms with Crippen LogP contribution in [0.1, 0.15) is 51.4 Å². The number of benzene rings is 1. The van der Waals surface area contributed by atoms with Gasteiger partial charge in [0.05, 0.1) is 0 Å². The molecule has 1 aromatic carbocycles. The van der Waals surface area contributed by atoms with Gasteiger partial charge < -0.3 is 9.47 Å². The monoisotopic (exact) mass is 394 g/mol. The van der Waals surface area contributed by atoms with Crippen molar-refractivity contribution in [2.24, 2.45) is 11.8 Å². The predicted molar refractivity (Wildman–Crippen MR) is 121 cm³/mol. The maximum absolute atomic E-state index is 3.09. The van der Waals surface area contributed by atoms with Gasteiger partial charge in [0.15, 0.2) is 8.24 Å². The minimum absolute atomic E-state index is 0.861. The zero-order valence-electron chi connectivity index (χ0n) is 17.6. The van der Waals surface area contributed by atoms with Gasteiger partial charge in [0.2, 0.25) is 0 Å². The van der Waals surface area contributed by atoms with E-state index in [9.17, 15) is 0 Å². The molecule has 1 aromatic rings. The molecule has 0 amide bonds. The third-order valence-corrected chi connectivity index (χ3v) is 14.1. The lowest BCUT2D eigenvalue weighted by Crippen LogP contribution is -2.67. The summed E-state index contributed by atoms with van der Waals surface area (Å²) in [6, 6.07) is 13.4. The van der Waals surface area contributed by atoms with Crippen LogP contribution in [0.2, 0.25) is 11.6 Å². The van der Waals surface area contributed by atoms with Gasteiger partial charge in [-0.05, 0) is 99.9 Å². The van der Waals surface area contributed by atoms with E-state index in [4.69, 9.17) is 0 Å². The number of nitrogens with zero attached hydrogens (tertiary/aromatic N) is 2. The van der Waals surface area contributed by atoms with E-state index < -0.39 is 8.24 Å². The number of piperidine rings is 2. The fourth-order valence-corrected chi connectivity index (χ4v) is 13.4. The van der Waals surface area contributed by atoms with Crippen LogP contribution >= 0.6 is 0 Å². The normalized spacial score (nSPS) is 33.2. The van der Waals surface area contributed by atoms with Crippen LogP contribution in [0.5, 0.6) is 0 Å². The highest BCUT2D eigenvalue weighted by atomic mass is 28.3. The minimum Gasteiger partial charge on any atom is -0.320 e. The van der Waals surface area contributed by atoms with Gasteiger partial charge in [0.25, 0.3) is 0 Å². The van der Waals surface area contributed by atoms with Crippen molar-refractivity contribution in [3.8, 4) is 0 Å². The summed E-state index contributed by atoms with van der Waals surface area (Å²) in [6.07, 6.45) is 16.6. The third-order valence-electron chi connectivity index (χ3n) is 8.34. The SMILES string of the molecule is C1=C[C@@H]2C[C@H]1C[C@H]2[Si](CCN1CCCCC1)(c1ccccc1)N1CCCCC1. The lowest BCUT2D eigenvalue weighted by atomic mass is 10.1. The summed E-state index contributed by atoms with van der Waals surface area (Å²) in [5.41, 5.74) is 0.938. The van der Waals surface area contributed by atoms with E-state index in [0.717, 1.165) is 17.4 Å². The van der Waals surface area contributed by atoms with Crippen LogP contribution in [0.25, 0.3) is 0 Å². The van der Waals surface area contributed by atoms with Gasteiger partial charge in [-0.15, -0.1) is 0 Å². The highest BCUT2D eigenvalue weighted by Gasteiger charge is 2.54. The highest BCUT2D eigenvalue weighted by Crippen LogP contribution is 2.53. The molecule has 2 aliphatic heterocycles. The van der Waals surface area contributed by atoms with Gasteiger partial charge in [0, 0.05) is 0 Å². The molecule has 2 heterocycles. The Balaban J connectivity index is 1.51. The first-order valence-electron chi connectivity index (χ1n) is 12.1. The molecule has 4 atom stereocenters. The molecule has 2 saturated heterocycles. The quantitative estimate of drug-likeness (QED) is 0.506. The zero-order chi connectivity index (χ0) is 18.8. The number of allylic oxidation sites excluding steroid dienone is 2. The average Bonchev–Trinajstić information content (AvgIpc) is 3.41. The summed E-state index contributed by atoms with van der Waals surface area (Å²) in [7, 11) is -1.73. The molecule has 28 heavy (non-hydrogen) atoms. The third kappa shape index (κ3) is 3.55. The molecule has 2 bridgehead atoms. The van der Waals surface area contributed by atoms with Crippen molar-refractivity contribution in [3.63, 3.8) is 0 Å². The fraction of sp³-hybridized carbons (Fsp3) is 0.680. The van der Waals surface area contributed by atoms with Crippen LogP contribution in [0, 0.1) is 11.8 Å². The van der Waals surface area contributed by atoms with Crippen LogP contribution < -0.4 is 5.19 Å². The summed E-state index contributed by atoms with van der Waals surface area (Å²) in [4.78, 5) is 2.81. The van der Waals surface area contributed by atoms with Crippen LogP contribution in [0.4, 0.5) is 0 Å². The smallest absolute Gasteiger partial charge is 0.165 e.